The monoisotopic (exact) mass is 293 g/mol. The van der Waals surface area contributed by atoms with Crippen molar-refractivity contribution in [3.05, 3.63) is 33.9 Å². The molecule has 2 N–H and O–H groups in total. The third-order valence-corrected chi connectivity index (χ3v) is 3.19. The number of carbonyl (C=O) groups excluding carboxylic acids is 1. The minimum absolute atomic E-state index is 0.0474. The first-order valence-electron chi connectivity index (χ1n) is 7.32. The number of rotatable bonds is 8. The van der Waals surface area contributed by atoms with Crippen LogP contribution in [0.5, 0.6) is 0 Å². The number of nitro benzene ring substituents is 1. The lowest BCUT2D eigenvalue weighted by molar-refractivity contribution is -0.384. The van der Waals surface area contributed by atoms with Gasteiger partial charge < -0.3 is 10.6 Å². The fourth-order valence-electron chi connectivity index (χ4n) is 2.06. The van der Waals surface area contributed by atoms with E-state index in [9.17, 15) is 14.9 Å². The van der Waals surface area contributed by atoms with E-state index in [1.165, 1.54) is 12.1 Å². The Morgan fingerprint density at radius 3 is 2.67 bits per heavy atom. The Balaban J connectivity index is 2.93. The molecular formula is C15H23N3O3. The average Bonchev–Trinajstić information content (AvgIpc) is 2.45. The maximum Gasteiger partial charge on any atom is 0.270 e. The number of hydrogen-bond donors (Lipinski definition) is 2. The highest BCUT2D eigenvalue weighted by atomic mass is 16.6. The summed E-state index contributed by atoms with van der Waals surface area (Å²) in [5, 5.41) is 16.8. The Morgan fingerprint density at radius 2 is 2.10 bits per heavy atom. The largest absolute Gasteiger partial charge is 0.385 e. The first-order chi connectivity index (χ1) is 9.99. The highest BCUT2D eigenvalue weighted by Gasteiger charge is 2.17. The van der Waals surface area contributed by atoms with E-state index in [4.69, 9.17) is 0 Å². The highest BCUT2D eigenvalue weighted by Crippen LogP contribution is 2.22. The molecule has 21 heavy (non-hydrogen) atoms. The number of hydrogen-bond acceptors (Lipinski definition) is 4. The van der Waals surface area contributed by atoms with Crippen molar-refractivity contribution in [1.29, 1.82) is 0 Å². The predicted octanol–water partition coefficient (Wildman–Crippen LogP) is 3.34. The SMILES string of the molecule is CCCCC(C)NC(=O)c1cc([N+](=O)[O-])ccc1NCC. The second-order valence-electron chi connectivity index (χ2n) is 5.03. The number of nitrogens with zero attached hydrogens (tertiary/aromatic N) is 1. The molecule has 1 rings (SSSR count). The first kappa shape index (κ1) is 16.9. The summed E-state index contributed by atoms with van der Waals surface area (Å²) >= 11 is 0. The van der Waals surface area contributed by atoms with Gasteiger partial charge in [-0.3, -0.25) is 14.9 Å². The number of non-ortho nitro benzene ring substituents is 1. The summed E-state index contributed by atoms with van der Waals surface area (Å²) < 4.78 is 0. The minimum atomic E-state index is -0.493. The average molecular weight is 293 g/mol. The van der Waals surface area contributed by atoms with Crippen LogP contribution in [-0.2, 0) is 0 Å². The second kappa shape index (κ2) is 8.24. The number of benzene rings is 1. The van der Waals surface area contributed by atoms with Crippen LogP contribution in [0.15, 0.2) is 18.2 Å². The number of unbranched alkanes of at least 4 members (excludes halogenated alkanes) is 1. The number of carbonyl (C=O) groups is 1. The molecule has 0 aliphatic carbocycles. The van der Waals surface area contributed by atoms with Crippen LogP contribution >= 0.6 is 0 Å². The molecule has 0 aliphatic rings. The van der Waals surface area contributed by atoms with Crippen LogP contribution in [0.1, 0.15) is 50.4 Å². The van der Waals surface area contributed by atoms with Gasteiger partial charge in [-0.25, -0.2) is 0 Å². The third-order valence-electron chi connectivity index (χ3n) is 3.19. The van der Waals surface area contributed by atoms with Gasteiger partial charge in [0.1, 0.15) is 0 Å². The van der Waals surface area contributed by atoms with E-state index in [0.29, 0.717) is 17.8 Å². The zero-order valence-electron chi connectivity index (χ0n) is 12.8. The summed E-state index contributed by atoms with van der Waals surface area (Å²) in [6.07, 6.45) is 3.00. The van der Waals surface area contributed by atoms with Crippen molar-refractivity contribution in [2.24, 2.45) is 0 Å². The molecule has 1 aromatic carbocycles. The van der Waals surface area contributed by atoms with E-state index in [2.05, 4.69) is 17.6 Å². The Kier molecular flexibility index (Phi) is 6.65. The van der Waals surface area contributed by atoms with E-state index >= 15 is 0 Å². The summed E-state index contributed by atoms with van der Waals surface area (Å²) in [4.78, 5) is 22.7. The quantitative estimate of drug-likeness (QED) is 0.568. The number of amides is 1. The molecule has 0 bridgehead atoms. The van der Waals surface area contributed by atoms with Gasteiger partial charge in [-0.2, -0.15) is 0 Å². The lowest BCUT2D eigenvalue weighted by Crippen LogP contribution is -2.33. The summed E-state index contributed by atoms with van der Waals surface area (Å²) in [5.74, 6) is -0.279. The maximum absolute atomic E-state index is 12.3. The predicted molar refractivity (Wildman–Crippen MR) is 83.7 cm³/mol. The van der Waals surface area contributed by atoms with E-state index in [1.807, 2.05) is 13.8 Å². The Labute approximate surface area is 125 Å². The van der Waals surface area contributed by atoms with Crippen LogP contribution in [0.4, 0.5) is 11.4 Å². The second-order valence-corrected chi connectivity index (χ2v) is 5.03. The Morgan fingerprint density at radius 1 is 1.38 bits per heavy atom. The zero-order chi connectivity index (χ0) is 15.8. The number of anilines is 1. The molecule has 0 aliphatic heterocycles. The van der Waals surface area contributed by atoms with Gasteiger partial charge in [0.2, 0.25) is 0 Å². The van der Waals surface area contributed by atoms with E-state index < -0.39 is 4.92 Å². The van der Waals surface area contributed by atoms with Crippen molar-refractivity contribution in [3.8, 4) is 0 Å². The first-order valence-corrected chi connectivity index (χ1v) is 7.32. The summed E-state index contributed by atoms with van der Waals surface area (Å²) in [6.45, 7) is 6.59. The van der Waals surface area contributed by atoms with Gasteiger partial charge in [-0.05, 0) is 26.3 Å². The molecule has 1 amide bonds. The normalized spacial score (nSPS) is 11.8. The minimum Gasteiger partial charge on any atom is -0.385 e. The van der Waals surface area contributed by atoms with Crippen molar-refractivity contribution >= 4 is 17.3 Å². The topological polar surface area (TPSA) is 84.3 Å². The van der Waals surface area contributed by atoms with Gasteiger partial charge in [0, 0.05) is 30.4 Å². The van der Waals surface area contributed by atoms with Crippen LogP contribution < -0.4 is 10.6 Å². The van der Waals surface area contributed by atoms with Crippen molar-refractivity contribution in [1.82, 2.24) is 5.32 Å². The van der Waals surface area contributed by atoms with E-state index in [-0.39, 0.29) is 17.6 Å². The summed E-state index contributed by atoms with van der Waals surface area (Å²) in [6, 6.07) is 4.34. The molecular weight excluding hydrogens is 270 g/mol. The van der Waals surface area contributed by atoms with E-state index in [0.717, 1.165) is 19.3 Å². The maximum atomic E-state index is 12.3. The molecule has 0 spiro atoms. The highest BCUT2D eigenvalue weighted by molar-refractivity contribution is 6.00. The van der Waals surface area contributed by atoms with E-state index in [1.54, 1.807) is 6.07 Å². The van der Waals surface area contributed by atoms with Crippen LogP contribution in [-0.4, -0.2) is 23.4 Å². The molecule has 1 atom stereocenters. The molecule has 1 aromatic rings. The van der Waals surface area contributed by atoms with Crippen LogP contribution in [0.3, 0.4) is 0 Å². The zero-order valence-corrected chi connectivity index (χ0v) is 12.8. The summed E-state index contributed by atoms with van der Waals surface area (Å²) in [5.41, 5.74) is 0.848. The van der Waals surface area contributed by atoms with Crippen LogP contribution in [0, 0.1) is 10.1 Å². The summed E-state index contributed by atoms with van der Waals surface area (Å²) in [7, 11) is 0. The smallest absolute Gasteiger partial charge is 0.270 e. The Hall–Kier alpha value is -2.11. The molecule has 116 valence electrons. The fourth-order valence-corrected chi connectivity index (χ4v) is 2.06. The van der Waals surface area contributed by atoms with Gasteiger partial charge in [0.05, 0.1) is 10.5 Å². The van der Waals surface area contributed by atoms with Crippen LogP contribution in [0.2, 0.25) is 0 Å². The number of nitrogens with one attached hydrogen (secondary N) is 2. The molecule has 0 saturated carbocycles. The van der Waals surface area contributed by atoms with Gasteiger partial charge in [-0.1, -0.05) is 19.8 Å². The number of nitro groups is 1. The van der Waals surface area contributed by atoms with Crippen molar-refractivity contribution < 1.29 is 9.72 Å². The molecule has 6 heteroatoms. The molecule has 0 aromatic heterocycles. The van der Waals surface area contributed by atoms with Crippen molar-refractivity contribution in [3.63, 3.8) is 0 Å². The van der Waals surface area contributed by atoms with Gasteiger partial charge >= 0.3 is 0 Å². The molecule has 0 heterocycles. The van der Waals surface area contributed by atoms with Gasteiger partial charge in [0.15, 0.2) is 0 Å². The molecule has 6 nitrogen and oxygen atoms in total. The third kappa shape index (κ3) is 5.06. The van der Waals surface area contributed by atoms with Crippen molar-refractivity contribution in [2.45, 2.75) is 46.1 Å². The Bertz CT molecular complexity index is 503. The fraction of sp³-hybridized carbons (Fsp3) is 0.533. The lowest BCUT2D eigenvalue weighted by Gasteiger charge is -2.15. The lowest BCUT2D eigenvalue weighted by atomic mass is 10.1. The van der Waals surface area contributed by atoms with Crippen molar-refractivity contribution in [2.75, 3.05) is 11.9 Å². The molecule has 0 fully saturated rings. The van der Waals surface area contributed by atoms with Gasteiger partial charge in [0.25, 0.3) is 11.6 Å². The molecule has 1 unspecified atom stereocenters. The molecule has 0 radical (unpaired) electrons. The van der Waals surface area contributed by atoms with Gasteiger partial charge in [-0.15, -0.1) is 0 Å². The van der Waals surface area contributed by atoms with Crippen LogP contribution in [0.25, 0.3) is 0 Å². The molecule has 0 saturated heterocycles. The standard InChI is InChI=1S/C15H23N3O3/c1-4-6-7-11(3)17-15(19)13-10-12(18(20)21)8-9-14(13)16-5-2/h8-11,16H,4-7H2,1-3H3,(H,17,19).